The quantitative estimate of drug-likeness (QED) is 0.679. The minimum atomic E-state index is -0.677. The zero-order valence-corrected chi connectivity index (χ0v) is 13.2. The minimum absolute atomic E-state index is 0.350. The number of rotatable bonds is 3. The van der Waals surface area contributed by atoms with Gasteiger partial charge in [-0.1, -0.05) is 23.7 Å². The summed E-state index contributed by atoms with van der Waals surface area (Å²) in [5.41, 5.74) is 7.00. The Kier molecular flexibility index (Phi) is 4.31. The van der Waals surface area contributed by atoms with Crippen molar-refractivity contribution in [1.82, 2.24) is 4.98 Å². The highest BCUT2D eigenvalue weighted by Gasteiger charge is 2.13. The number of benzene rings is 2. The molecule has 0 aliphatic rings. The van der Waals surface area contributed by atoms with E-state index in [0.29, 0.717) is 27.5 Å². The molecule has 0 saturated heterocycles. The van der Waals surface area contributed by atoms with Crippen LogP contribution in [0.4, 0.5) is 16.2 Å². The number of carbonyl (C=O) groups is 2. The van der Waals surface area contributed by atoms with Gasteiger partial charge in [0.05, 0.1) is 11.1 Å². The predicted octanol–water partition coefficient (Wildman–Crippen LogP) is 3.63. The fourth-order valence-corrected chi connectivity index (χ4v) is 2.57. The molecule has 0 radical (unpaired) electrons. The monoisotopic (exact) mass is 340 g/mol. The number of anilines is 2. The highest BCUT2D eigenvalue weighted by atomic mass is 35.5. The van der Waals surface area contributed by atoms with Crippen LogP contribution < -0.4 is 16.4 Å². The van der Waals surface area contributed by atoms with Crippen LogP contribution in [-0.2, 0) is 0 Å². The Hall–Kier alpha value is -3.12. The van der Waals surface area contributed by atoms with Crippen molar-refractivity contribution in [2.75, 3.05) is 10.6 Å². The van der Waals surface area contributed by atoms with Gasteiger partial charge in [-0.3, -0.25) is 9.78 Å². The lowest BCUT2D eigenvalue weighted by molar-refractivity contribution is 0.102. The lowest BCUT2D eigenvalue weighted by atomic mass is 10.1. The average Bonchev–Trinajstić information content (AvgIpc) is 2.53. The molecule has 1 aromatic heterocycles. The molecule has 0 spiro atoms. The molecule has 0 fully saturated rings. The lowest BCUT2D eigenvalue weighted by Gasteiger charge is -2.10. The first-order valence-electron chi connectivity index (χ1n) is 7.05. The molecular formula is C17H13ClN4O2. The summed E-state index contributed by atoms with van der Waals surface area (Å²) in [6.45, 7) is 0. The Balaban J connectivity index is 1.92. The van der Waals surface area contributed by atoms with E-state index in [0.717, 1.165) is 5.39 Å². The minimum Gasteiger partial charge on any atom is -0.351 e. The third kappa shape index (κ3) is 3.44. The number of fused-ring (bicyclic) bond motifs is 1. The normalized spacial score (nSPS) is 10.4. The molecule has 7 heteroatoms. The van der Waals surface area contributed by atoms with Crippen molar-refractivity contribution in [3.63, 3.8) is 0 Å². The molecule has 120 valence electrons. The van der Waals surface area contributed by atoms with Gasteiger partial charge in [0.2, 0.25) is 0 Å². The summed E-state index contributed by atoms with van der Waals surface area (Å²) in [6.07, 6.45) is 1.62. The molecule has 0 bridgehead atoms. The number of carbonyl (C=O) groups excluding carboxylic acids is 2. The van der Waals surface area contributed by atoms with E-state index in [1.807, 2.05) is 6.07 Å². The molecule has 3 amide bonds. The molecule has 24 heavy (non-hydrogen) atoms. The van der Waals surface area contributed by atoms with Gasteiger partial charge in [0.25, 0.3) is 5.91 Å². The van der Waals surface area contributed by atoms with E-state index in [9.17, 15) is 9.59 Å². The smallest absolute Gasteiger partial charge is 0.316 e. The van der Waals surface area contributed by atoms with Crippen molar-refractivity contribution < 1.29 is 9.59 Å². The van der Waals surface area contributed by atoms with Crippen molar-refractivity contribution >= 4 is 45.8 Å². The van der Waals surface area contributed by atoms with Crippen LogP contribution >= 0.6 is 11.6 Å². The fourth-order valence-electron chi connectivity index (χ4n) is 2.34. The summed E-state index contributed by atoms with van der Waals surface area (Å²) in [5.74, 6) is -0.350. The topological polar surface area (TPSA) is 97.1 Å². The van der Waals surface area contributed by atoms with E-state index in [1.54, 1.807) is 48.7 Å². The Bertz CT molecular complexity index is 943. The van der Waals surface area contributed by atoms with Gasteiger partial charge in [0.15, 0.2) is 0 Å². The van der Waals surface area contributed by atoms with Crippen LogP contribution in [0.2, 0.25) is 5.02 Å². The number of amides is 3. The second-order valence-electron chi connectivity index (χ2n) is 5.05. The summed E-state index contributed by atoms with van der Waals surface area (Å²) < 4.78 is 0. The molecule has 0 unspecified atom stereocenters. The number of hydrogen-bond donors (Lipinski definition) is 3. The van der Waals surface area contributed by atoms with Gasteiger partial charge in [0.1, 0.15) is 0 Å². The van der Waals surface area contributed by atoms with E-state index in [-0.39, 0.29) is 5.91 Å². The number of urea groups is 1. The predicted molar refractivity (Wildman–Crippen MR) is 94.4 cm³/mol. The summed E-state index contributed by atoms with van der Waals surface area (Å²) >= 11 is 6.08. The number of halogens is 1. The third-order valence-electron chi connectivity index (χ3n) is 3.30. The molecule has 0 aliphatic heterocycles. The zero-order valence-electron chi connectivity index (χ0n) is 12.4. The number of nitrogens with zero attached hydrogens (tertiary/aromatic N) is 1. The summed E-state index contributed by atoms with van der Waals surface area (Å²) in [6, 6.07) is 12.9. The van der Waals surface area contributed by atoms with Gasteiger partial charge < -0.3 is 16.4 Å². The molecule has 0 atom stereocenters. The number of nitrogens with one attached hydrogen (secondary N) is 2. The number of aromatic nitrogens is 1. The zero-order chi connectivity index (χ0) is 17.1. The lowest BCUT2D eigenvalue weighted by Crippen LogP contribution is -2.19. The molecule has 1 heterocycles. The van der Waals surface area contributed by atoms with Crippen LogP contribution in [0.3, 0.4) is 0 Å². The van der Waals surface area contributed by atoms with Crippen molar-refractivity contribution in [3.05, 3.63) is 65.3 Å². The summed E-state index contributed by atoms with van der Waals surface area (Å²) in [4.78, 5) is 27.7. The Morgan fingerprint density at radius 2 is 1.75 bits per heavy atom. The SMILES string of the molecule is NC(=O)Nc1cccc(NC(=O)c2cc(Cl)cc3cccnc23)c1. The maximum absolute atomic E-state index is 12.6. The maximum Gasteiger partial charge on any atom is 0.316 e. The van der Waals surface area contributed by atoms with E-state index < -0.39 is 6.03 Å². The first kappa shape index (κ1) is 15.8. The Morgan fingerprint density at radius 1 is 1.00 bits per heavy atom. The standard InChI is InChI=1S/C17H13ClN4O2/c18-11-7-10-3-2-6-20-15(10)14(8-11)16(23)21-12-4-1-5-13(9-12)22-17(19)24/h1-9H,(H,21,23)(H3,19,22,24). The number of primary amides is 1. The van der Waals surface area contributed by atoms with Gasteiger partial charge in [-0.25, -0.2) is 4.79 Å². The second kappa shape index (κ2) is 6.55. The average molecular weight is 341 g/mol. The molecule has 3 aromatic rings. The van der Waals surface area contributed by atoms with Crippen molar-refractivity contribution in [3.8, 4) is 0 Å². The van der Waals surface area contributed by atoms with Gasteiger partial charge in [-0.2, -0.15) is 0 Å². The first-order valence-corrected chi connectivity index (χ1v) is 7.43. The van der Waals surface area contributed by atoms with Crippen molar-refractivity contribution in [2.45, 2.75) is 0 Å². The van der Waals surface area contributed by atoms with Crippen LogP contribution in [0.15, 0.2) is 54.7 Å². The van der Waals surface area contributed by atoms with E-state index in [1.165, 1.54) is 0 Å². The molecule has 4 N–H and O–H groups in total. The van der Waals surface area contributed by atoms with Crippen molar-refractivity contribution in [2.24, 2.45) is 5.73 Å². The van der Waals surface area contributed by atoms with Crippen LogP contribution in [0.5, 0.6) is 0 Å². The molecule has 3 rings (SSSR count). The summed E-state index contributed by atoms with van der Waals surface area (Å²) in [5, 5.41) is 6.44. The molecule has 6 nitrogen and oxygen atoms in total. The van der Waals surface area contributed by atoms with Crippen LogP contribution in [-0.4, -0.2) is 16.9 Å². The largest absolute Gasteiger partial charge is 0.351 e. The Morgan fingerprint density at radius 3 is 2.50 bits per heavy atom. The number of hydrogen-bond acceptors (Lipinski definition) is 3. The van der Waals surface area contributed by atoms with Crippen LogP contribution in [0, 0.1) is 0 Å². The van der Waals surface area contributed by atoms with E-state index in [2.05, 4.69) is 15.6 Å². The molecular weight excluding hydrogens is 328 g/mol. The number of nitrogens with two attached hydrogens (primary N) is 1. The Labute approximate surface area is 142 Å². The van der Waals surface area contributed by atoms with Gasteiger partial charge in [0, 0.05) is 28.0 Å². The molecule has 0 aliphatic carbocycles. The molecule has 0 saturated carbocycles. The van der Waals surface area contributed by atoms with Crippen molar-refractivity contribution in [1.29, 1.82) is 0 Å². The van der Waals surface area contributed by atoms with Gasteiger partial charge >= 0.3 is 6.03 Å². The first-order chi connectivity index (χ1) is 11.5. The van der Waals surface area contributed by atoms with Gasteiger partial charge in [-0.15, -0.1) is 0 Å². The van der Waals surface area contributed by atoms with E-state index in [4.69, 9.17) is 17.3 Å². The molecule has 2 aromatic carbocycles. The van der Waals surface area contributed by atoms with E-state index >= 15 is 0 Å². The van der Waals surface area contributed by atoms with Crippen LogP contribution in [0.25, 0.3) is 10.9 Å². The van der Waals surface area contributed by atoms with Crippen LogP contribution in [0.1, 0.15) is 10.4 Å². The second-order valence-corrected chi connectivity index (χ2v) is 5.49. The van der Waals surface area contributed by atoms with Gasteiger partial charge in [-0.05, 0) is 36.4 Å². The highest BCUT2D eigenvalue weighted by molar-refractivity contribution is 6.32. The maximum atomic E-state index is 12.6. The fraction of sp³-hybridized carbons (Fsp3) is 0. The highest BCUT2D eigenvalue weighted by Crippen LogP contribution is 2.24. The number of pyridine rings is 1. The third-order valence-corrected chi connectivity index (χ3v) is 3.52. The summed E-state index contributed by atoms with van der Waals surface area (Å²) in [7, 11) is 0.